The summed E-state index contributed by atoms with van der Waals surface area (Å²) in [7, 11) is 1.38. The summed E-state index contributed by atoms with van der Waals surface area (Å²) in [5.41, 5.74) is 2.13. The third-order valence-electron chi connectivity index (χ3n) is 4.25. The Morgan fingerprint density at radius 3 is 2.95 bits per heavy atom. The van der Waals surface area contributed by atoms with Gasteiger partial charge in [0.25, 0.3) is 5.91 Å². The van der Waals surface area contributed by atoms with Crippen molar-refractivity contribution in [3.63, 3.8) is 0 Å². The highest BCUT2D eigenvalue weighted by Gasteiger charge is 2.37. The molecule has 5 heteroatoms. The zero-order valence-electron chi connectivity index (χ0n) is 12.1. The molecule has 2 aliphatic heterocycles. The van der Waals surface area contributed by atoms with Crippen LogP contribution in [0.2, 0.25) is 0 Å². The molecule has 1 fully saturated rings. The Kier molecular flexibility index (Phi) is 3.92. The SMILES string of the molecule is COC(=O)C1CCN(C(=O)C2OCCc3ccccc32)C1. The van der Waals surface area contributed by atoms with E-state index < -0.39 is 6.10 Å². The highest BCUT2D eigenvalue weighted by molar-refractivity contribution is 5.84. The first kappa shape index (κ1) is 14.1. The number of esters is 1. The summed E-state index contributed by atoms with van der Waals surface area (Å²) in [5, 5.41) is 0. The number of fused-ring (bicyclic) bond motifs is 1. The van der Waals surface area contributed by atoms with Crippen molar-refractivity contribution in [3.05, 3.63) is 35.4 Å². The normalized spacial score (nSPS) is 24.5. The Hall–Kier alpha value is -1.88. The minimum atomic E-state index is -0.536. The number of carbonyl (C=O) groups excluding carboxylic acids is 2. The minimum Gasteiger partial charge on any atom is -0.469 e. The Balaban J connectivity index is 1.74. The third-order valence-corrected chi connectivity index (χ3v) is 4.25. The Labute approximate surface area is 123 Å². The molecule has 0 aliphatic carbocycles. The van der Waals surface area contributed by atoms with Gasteiger partial charge in [0.1, 0.15) is 0 Å². The molecular weight excluding hydrogens is 270 g/mol. The predicted molar refractivity (Wildman–Crippen MR) is 75.5 cm³/mol. The van der Waals surface area contributed by atoms with Crippen LogP contribution in [0.1, 0.15) is 23.7 Å². The number of methoxy groups -OCH3 is 1. The van der Waals surface area contributed by atoms with Gasteiger partial charge in [-0.05, 0) is 24.0 Å². The van der Waals surface area contributed by atoms with Crippen molar-refractivity contribution in [3.8, 4) is 0 Å². The molecule has 1 aromatic rings. The van der Waals surface area contributed by atoms with E-state index >= 15 is 0 Å². The summed E-state index contributed by atoms with van der Waals surface area (Å²) < 4.78 is 10.4. The predicted octanol–water partition coefficient (Wildman–Crippen LogP) is 1.32. The van der Waals surface area contributed by atoms with Crippen molar-refractivity contribution in [2.45, 2.75) is 18.9 Å². The first-order chi connectivity index (χ1) is 10.2. The maximum atomic E-state index is 12.7. The highest BCUT2D eigenvalue weighted by atomic mass is 16.5. The lowest BCUT2D eigenvalue weighted by Gasteiger charge is -2.28. The fraction of sp³-hybridized carbons (Fsp3) is 0.500. The molecule has 0 radical (unpaired) electrons. The van der Waals surface area contributed by atoms with Crippen molar-refractivity contribution in [1.82, 2.24) is 4.90 Å². The van der Waals surface area contributed by atoms with E-state index in [-0.39, 0.29) is 17.8 Å². The van der Waals surface area contributed by atoms with Crippen molar-refractivity contribution in [2.24, 2.45) is 5.92 Å². The Morgan fingerprint density at radius 1 is 1.33 bits per heavy atom. The van der Waals surface area contributed by atoms with Crippen LogP contribution in [0.4, 0.5) is 0 Å². The molecule has 5 nitrogen and oxygen atoms in total. The molecule has 2 unspecified atom stereocenters. The molecule has 21 heavy (non-hydrogen) atoms. The van der Waals surface area contributed by atoms with E-state index in [2.05, 4.69) is 0 Å². The van der Waals surface area contributed by atoms with E-state index in [4.69, 9.17) is 9.47 Å². The summed E-state index contributed by atoms with van der Waals surface area (Å²) in [5.74, 6) is -0.499. The Bertz CT molecular complexity index is 557. The van der Waals surface area contributed by atoms with Gasteiger partial charge in [0.15, 0.2) is 6.10 Å². The maximum absolute atomic E-state index is 12.7. The van der Waals surface area contributed by atoms with Crippen LogP contribution < -0.4 is 0 Å². The van der Waals surface area contributed by atoms with Crippen LogP contribution in [0.25, 0.3) is 0 Å². The standard InChI is InChI=1S/C16H19NO4/c1-20-16(19)12-6-8-17(10-12)15(18)14-13-5-3-2-4-11(13)7-9-21-14/h2-5,12,14H,6-10H2,1H3. The van der Waals surface area contributed by atoms with E-state index in [1.54, 1.807) is 4.90 Å². The van der Waals surface area contributed by atoms with Crippen LogP contribution in [-0.4, -0.2) is 43.6 Å². The second-order valence-corrected chi connectivity index (χ2v) is 5.49. The molecule has 0 aromatic heterocycles. The molecule has 1 aromatic carbocycles. The molecule has 0 spiro atoms. The third kappa shape index (κ3) is 2.65. The van der Waals surface area contributed by atoms with Gasteiger partial charge < -0.3 is 14.4 Å². The monoisotopic (exact) mass is 289 g/mol. The molecule has 3 rings (SSSR count). The zero-order chi connectivity index (χ0) is 14.8. The summed E-state index contributed by atoms with van der Waals surface area (Å²) >= 11 is 0. The lowest BCUT2D eigenvalue weighted by atomic mass is 9.97. The number of nitrogens with zero attached hydrogens (tertiary/aromatic N) is 1. The van der Waals surface area contributed by atoms with Crippen molar-refractivity contribution in [1.29, 1.82) is 0 Å². The van der Waals surface area contributed by atoms with Gasteiger partial charge in [-0.3, -0.25) is 9.59 Å². The molecule has 0 N–H and O–H groups in total. The summed E-state index contributed by atoms with van der Waals surface area (Å²) in [6.07, 6.45) is 0.962. The van der Waals surface area contributed by atoms with E-state index in [1.807, 2.05) is 24.3 Å². The van der Waals surface area contributed by atoms with E-state index in [0.717, 1.165) is 12.0 Å². The molecule has 0 bridgehead atoms. The average molecular weight is 289 g/mol. The summed E-state index contributed by atoms with van der Waals surface area (Å²) in [6.45, 7) is 1.57. The van der Waals surface area contributed by atoms with Crippen LogP contribution in [-0.2, 0) is 25.5 Å². The number of hydrogen-bond acceptors (Lipinski definition) is 4. The topological polar surface area (TPSA) is 55.8 Å². The van der Waals surface area contributed by atoms with Gasteiger partial charge in [-0.25, -0.2) is 0 Å². The second kappa shape index (κ2) is 5.85. The van der Waals surface area contributed by atoms with Gasteiger partial charge in [0.05, 0.1) is 19.6 Å². The first-order valence-corrected chi connectivity index (χ1v) is 7.26. The number of hydrogen-bond donors (Lipinski definition) is 0. The van der Waals surface area contributed by atoms with Crippen molar-refractivity contribution < 1.29 is 19.1 Å². The highest BCUT2D eigenvalue weighted by Crippen LogP contribution is 2.30. The van der Waals surface area contributed by atoms with Crippen LogP contribution in [0, 0.1) is 5.92 Å². The van der Waals surface area contributed by atoms with E-state index in [0.29, 0.717) is 26.1 Å². The van der Waals surface area contributed by atoms with Gasteiger partial charge in [-0.2, -0.15) is 0 Å². The Morgan fingerprint density at radius 2 is 2.14 bits per heavy atom. The summed E-state index contributed by atoms with van der Waals surface area (Å²) in [6, 6.07) is 7.90. The first-order valence-electron chi connectivity index (χ1n) is 7.26. The molecule has 1 saturated heterocycles. The van der Waals surface area contributed by atoms with E-state index in [1.165, 1.54) is 12.7 Å². The molecule has 1 amide bonds. The molecule has 0 saturated carbocycles. The fourth-order valence-corrected chi connectivity index (χ4v) is 3.08. The fourth-order valence-electron chi connectivity index (χ4n) is 3.08. The zero-order valence-corrected chi connectivity index (χ0v) is 12.1. The second-order valence-electron chi connectivity index (χ2n) is 5.49. The molecule has 112 valence electrons. The van der Waals surface area contributed by atoms with Gasteiger partial charge in [0.2, 0.25) is 0 Å². The minimum absolute atomic E-state index is 0.0476. The van der Waals surface area contributed by atoms with Crippen molar-refractivity contribution in [2.75, 3.05) is 26.8 Å². The smallest absolute Gasteiger partial charge is 0.310 e. The van der Waals surface area contributed by atoms with Crippen LogP contribution in [0.5, 0.6) is 0 Å². The largest absolute Gasteiger partial charge is 0.469 e. The lowest BCUT2D eigenvalue weighted by Crippen LogP contribution is -2.37. The van der Waals surface area contributed by atoms with Crippen molar-refractivity contribution >= 4 is 11.9 Å². The molecule has 2 heterocycles. The number of rotatable bonds is 2. The maximum Gasteiger partial charge on any atom is 0.310 e. The average Bonchev–Trinajstić information content (AvgIpc) is 3.03. The summed E-state index contributed by atoms with van der Waals surface area (Å²) in [4.78, 5) is 26.0. The lowest BCUT2D eigenvalue weighted by molar-refractivity contribution is -0.146. The van der Waals surface area contributed by atoms with E-state index in [9.17, 15) is 9.59 Å². The van der Waals surface area contributed by atoms with Gasteiger partial charge in [-0.1, -0.05) is 24.3 Å². The quantitative estimate of drug-likeness (QED) is 0.771. The van der Waals surface area contributed by atoms with Gasteiger partial charge >= 0.3 is 5.97 Å². The number of ether oxygens (including phenoxy) is 2. The number of likely N-dealkylation sites (tertiary alicyclic amines) is 1. The van der Waals surface area contributed by atoms with Gasteiger partial charge in [-0.15, -0.1) is 0 Å². The van der Waals surface area contributed by atoms with Crippen LogP contribution >= 0.6 is 0 Å². The number of benzene rings is 1. The number of carbonyl (C=O) groups is 2. The molecule has 2 atom stereocenters. The molecular formula is C16H19NO4. The van der Waals surface area contributed by atoms with Crippen LogP contribution in [0.15, 0.2) is 24.3 Å². The van der Waals surface area contributed by atoms with Gasteiger partial charge in [0, 0.05) is 13.1 Å². The van der Waals surface area contributed by atoms with Crippen LogP contribution in [0.3, 0.4) is 0 Å². The number of amides is 1. The molecule has 2 aliphatic rings.